The second-order valence-corrected chi connectivity index (χ2v) is 7.63. The van der Waals surface area contributed by atoms with Gasteiger partial charge in [-0.3, -0.25) is 9.36 Å². The number of fused-ring (bicyclic) bond motifs is 1. The molecular formula is C24H25N3O6. The van der Waals surface area contributed by atoms with Gasteiger partial charge in [-0.05, 0) is 37.1 Å². The zero-order valence-electron chi connectivity index (χ0n) is 18.8. The topological polar surface area (TPSA) is 119 Å². The molecule has 0 aliphatic heterocycles. The highest BCUT2D eigenvalue weighted by atomic mass is 16.5. The molecule has 0 atom stereocenters. The van der Waals surface area contributed by atoms with Crippen molar-refractivity contribution in [3.8, 4) is 40.4 Å². The van der Waals surface area contributed by atoms with Crippen molar-refractivity contribution >= 4 is 10.9 Å². The van der Waals surface area contributed by atoms with E-state index in [2.05, 4.69) is 9.97 Å². The summed E-state index contributed by atoms with van der Waals surface area (Å²) >= 11 is 0. The molecule has 0 saturated carbocycles. The molecule has 9 nitrogen and oxygen atoms in total. The molecule has 0 fully saturated rings. The van der Waals surface area contributed by atoms with Gasteiger partial charge in [-0.1, -0.05) is 0 Å². The van der Waals surface area contributed by atoms with Crippen LogP contribution >= 0.6 is 0 Å². The Labute approximate surface area is 189 Å². The number of aromatic nitrogens is 3. The number of aromatic hydroxyl groups is 2. The maximum Gasteiger partial charge on any atom is 0.262 e. The first kappa shape index (κ1) is 22.1. The number of nitrogens with one attached hydrogen (secondary N) is 1. The Kier molecular flexibility index (Phi) is 5.87. The van der Waals surface area contributed by atoms with Crippen molar-refractivity contribution in [2.45, 2.75) is 20.4 Å². The predicted molar refractivity (Wildman–Crippen MR) is 124 cm³/mol. The Morgan fingerprint density at radius 3 is 2.27 bits per heavy atom. The number of aryl methyl sites for hydroxylation is 2. The minimum Gasteiger partial charge on any atom is -0.497 e. The van der Waals surface area contributed by atoms with Gasteiger partial charge in [0, 0.05) is 29.8 Å². The molecule has 0 bridgehead atoms. The van der Waals surface area contributed by atoms with E-state index in [4.69, 9.17) is 14.2 Å². The Morgan fingerprint density at radius 1 is 1.00 bits per heavy atom. The van der Waals surface area contributed by atoms with E-state index in [1.54, 1.807) is 19.2 Å². The fraction of sp³-hybridized carbons (Fsp3) is 0.250. The molecule has 33 heavy (non-hydrogen) atoms. The lowest BCUT2D eigenvalue weighted by molar-refractivity contribution is 0.272. The van der Waals surface area contributed by atoms with Gasteiger partial charge in [-0.15, -0.1) is 0 Å². The number of aromatic amines is 1. The molecule has 0 unspecified atom stereocenters. The Morgan fingerprint density at radius 2 is 1.67 bits per heavy atom. The largest absolute Gasteiger partial charge is 0.497 e. The molecule has 2 heterocycles. The number of hydrogen-bond acceptors (Lipinski definition) is 7. The maximum absolute atomic E-state index is 12.8. The zero-order chi connectivity index (χ0) is 23.7. The van der Waals surface area contributed by atoms with E-state index in [0.717, 1.165) is 16.7 Å². The van der Waals surface area contributed by atoms with Crippen LogP contribution in [0.3, 0.4) is 0 Å². The molecule has 0 spiro atoms. The predicted octanol–water partition coefficient (Wildman–Crippen LogP) is 3.52. The minimum absolute atomic E-state index is 0.0283. The first-order chi connectivity index (χ1) is 15.8. The van der Waals surface area contributed by atoms with Gasteiger partial charge in [-0.2, -0.15) is 0 Å². The average Bonchev–Trinajstić information content (AvgIpc) is 3.11. The normalized spacial score (nSPS) is 11.0. The molecule has 0 amide bonds. The van der Waals surface area contributed by atoms with Crippen LogP contribution in [0, 0.1) is 13.8 Å². The van der Waals surface area contributed by atoms with Crippen LogP contribution in [0.15, 0.2) is 41.2 Å². The van der Waals surface area contributed by atoms with Gasteiger partial charge in [0.05, 0.1) is 26.3 Å². The number of benzene rings is 2. The second kappa shape index (κ2) is 8.78. The van der Waals surface area contributed by atoms with Crippen LogP contribution in [-0.2, 0) is 6.54 Å². The molecule has 2 aromatic carbocycles. The maximum atomic E-state index is 12.8. The van der Waals surface area contributed by atoms with Gasteiger partial charge in [-0.25, -0.2) is 4.98 Å². The van der Waals surface area contributed by atoms with Crippen molar-refractivity contribution in [1.82, 2.24) is 14.5 Å². The monoisotopic (exact) mass is 451 g/mol. The SMILES string of the molecule is COc1cc(OC)c2c(=O)[nH]c(-c3cc(C)c(OCCn4c(O)ccc4O)c(C)c3)nc2c1. The van der Waals surface area contributed by atoms with Gasteiger partial charge >= 0.3 is 0 Å². The van der Waals surface area contributed by atoms with Crippen LogP contribution in [0.1, 0.15) is 11.1 Å². The molecule has 9 heteroatoms. The number of nitrogens with zero attached hydrogens (tertiary/aromatic N) is 2. The molecule has 4 aromatic rings. The number of ether oxygens (including phenoxy) is 3. The summed E-state index contributed by atoms with van der Waals surface area (Å²) < 4.78 is 17.9. The molecule has 2 aromatic heterocycles. The lowest BCUT2D eigenvalue weighted by Gasteiger charge is -2.15. The highest BCUT2D eigenvalue weighted by Gasteiger charge is 2.15. The molecule has 0 radical (unpaired) electrons. The first-order valence-electron chi connectivity index (χ1n) is 10.3. The average molecular weight is 451 g/mol. The second-order valence-electron chi connectivity index (χ2n) is 7.63. The van der Waals surface area contributed by atoms with Crippen LogP contribution < -0.4 is 19.8 Å². The van der Waals surface area contributed by atoms with Crippen molar-refractivity contribution < 1.29 is 24.4 Å². The summed E-state index contributed by atoms with van der Waals surface area (Å²) in [6, 6.07) is 9.95. The summed E-state index contributed by atoms with van der Waals surface area (Å²) in [7, 11) is 3.03. The summed E-state index contributed by atoms with van der Waals surface area (Å²) in [5.41, 5.74) is 2.61. The fourth-order valence-corrected chi connectivity index (χ4v) is 3.86. The molecular weight excluding hydrogens is 426 g/mol. The quantitative estimate of drug-likeness (QED) is 0.393. The fourth-order valence-electron chi connectivity index (χ4n) is 3.86. The standard InChI is InChI=1S/C24H25N3O6/c1-13-9-15(10-14(2)22(13)33-8-7-27-19(28)5-6-20(27)29)23-25-17-11-16(31-3)12-18(32-4)21(17)24(30)26-23/h5-6,9-12,28-29H,7-8H2,1-4H3,(H,25,26,30). The van der Waals surface area contributed by atoms with E-state index in [-0.39, 0.29) is 30.5 Å². The van der Waals surface area contributed by atoms with Crippen LogP contribution in [0.2, 0.25) is 0 Å². The number of H-pyrrole nitrogens is 1. The highest BCUT2D eigenvalue weighted by molar-refractivity contribution is 5.87. The summed E-state index contributed by atoms with van der Waals surface area (Å²) in [6.45, 7) is 4.35. The lowest BCUT2D eigenvalue weighted by atomic mass is 10.0. The van der Waals surface area contributed by atoms with Crippen LogP contribution in [0.4, 0.5) is 0 Å². The van der Waals surface area contributed by atoms with Crippen LogP contribution in [0.5, 0.6) is 29.0 Å². The minimum atomic E-state index is -0.309. The molecule has 0 aliphatic carbocycles. The van der Waals surface area contributed by atoms with Gasteiger partial charge in [0.1, 0.15) is 35.1 Å². The van der Waals surface area contributed by atoms with E-state index < -0.39 is 0 Å². The van der Waals surface area contributed by atoms with Crippen LogP contribution in [-0.4, -0.2) is 45.6 Å². The van der Waals surface area contributed by atoms with E-state index in [1.165, 1.54) is 23.8 Å². The molecule has 0 saturated heterocycles. The summed E-state index contributed by atoms with van der Waals surface area (Å²) in [4.78, 5) is 20.3. The molecule has 0 aliphatic rings. The van der Waals surface area contributed by atoms with Gasteiger partial charge < -0.3 is 29.4 Å². The highest BCUT2D eigenvalue weighted by Crippen LogP contribution is 2.32. The first-order valence-corrected chi connectivity index (χ1v) is 10.3. The Balaban J connectivity index is 1.65. The summed E-state index contributed by atoms with van der Waals surface area (Å²) in [5, 5.41) is 19.9. The molecule has 4 rings (SSSR count). The van der Waals surface area contributed by atoms with Crippen molar-refractivity contribution in [2.75, 3.05) is 20.8 Å². The van der Waals surface area contributed by atoms with E-state index in [0.29, 0.717) is 34.0 Å². The third-order valence-electron chi connectivity index (χ3n) is 5.43. The summed E-state index contributed by atoms with van der Waals surface area (Å²) in [5.74, 6) is 1.98. The van der Waals surface area contributed by atoms with Crippen LogP contribution in [0.25, 0.3) is 22.3 Å². The van der Waals surface area contributed by atoms with E-state index in [9.17, 15) is 15.0 Å². The molecule has 172 valence electrons. The van der Waals surface area contributed by atoms with E-state index in [1.807, 2.05) is 26.0 Å². The van der Waals surface area contributed by atoms with Crippen molar-refractivity contribution in [3.63, 3.8) is 0 Å². The van der Waals surface area contributed by atoms with Gasteiger partial charge in [0.2, 0.25) is 0 Å². The summed E-state index contributed by atoms with van der Waals surface area (Å²) in [6.07, 6.45) is 0. The third kappa shape index (κ3) is 4.17. The molecule has 3 N–H and O–H groups in total. The van der Waals surface area contributed by atoms with Crippen molar-refractivity contribution in [3.05, 3.63) is 57.9 Å². The third-order valence-corrected chi connectivity index (χ3v) is 5.43. The smallest absolute Gasteiger partial charge is 0.262 e. The Hall–Kier alpha value is -4.14. The number of rotatable bonds is 7. The van der Waals surface area contributed by atoms with Gasteiger partial charge in [0.15, 0.2) is 11.8 Å². The van der Waals surface area contributed by atoms with E-state index >= 15 is 0 Å². The van der Waals surface area contributed by atoms with Crippen molar-refractivity contribution in [2.24, 2.45) is 0 Å². The van der Waals surface area contributed by atoms with Crippen molar-refractivity contribution in [1.29, 1.82) is 0 Å². The number of methoxy groups -OCH3 is 2. The van der Waals surface area contributed by atoms with Gasteiger partial charge in [0.25, 0.3) is 5.56 Å². The zero-order valence-corrected chi connectivity index (χ0v) is 18.8. The number of hydrogen-bond donors (Lipinski definition) is 3. The Bertz CT molecular complexity index is 1350. The lowest BCUT2D eigenvalue weighted by Crippen LogP contribution is -2.11.